The summed E-state index contributed by atoms with van der Waals surface area (Å²) in [6.07, 6.45) is 5.52. The number of benzene rings is 2. The molecular formula is C24H28F4. The van der Waals surface area contributed by atoms with Gasteiger partial charge >= 0.3 is 6.18 Å². The standard InChI is InChI=1S/C24H28F4/c1-2-3-15-4-5-17-11-18(7-6-16(17)10-15)19-8-9-20-13-22(24(26,27)28)23(25)14-21(20)12-19/h8-9,12-18H,2-7,10-11H2,1H3. The van der Waals surface area contributed by atoms with E-state index in [4.69, 9.17) is 0 Å². The smallest absolute Gasteiger partial charge is 0.206 e. The lowest BCUT2D eigenvalue weighted by molar-refractivity contribution is -0.139. The summed E-state index contributed by atoms with van der Waals surface area (Å²) in [4.78, 5) is 0. The number of alkyl halides is 3. The number of hydrogen-bond acceptors (Lipinski definition) is 0. The van der Waals surface area contributed by atoms with Crippen LogP contribution in [0.15, 0.2) is 30.3 Å². The molecule has 4 heteroatoms. The summed E-state index contributed by atoms with van der Waals surface area (Å²) in [6.45, 7) is 2.27. The summed E-state index contributed by atoms with van der Waals surface area (Å²) in [7, 11) is 0. The Bertz CT molecular complexity index is 838. The SMILES string of the molecule is CCCC1CCC2CC(c3ccc4cc(C(F)(F)F)c(F)cc4c3)CCC2C1. The monoisotopic (exact) mass is 392 g/mol. The molecule has 0 bridgehead atoms. The average molecular weight is 392 g/mol. The Labute approximate surface area is 164 Å². The second kappa shape index (κ2) is 7.68. The van der Waals surface area contributed by atoms with Gasteiger partial charge in [-0.25, -0.2) is 4.39 Å². The molecule has 152 valence electrons. The minimum absolute atomic E-state index is 0.443. The van der Waals surface area contributed by atoms with Crippen LogP contribution in [0.25, 0.3) is 10.8 Å². The predicted octanol–water partition coefficient (Wildman–Crippen LogP) is 8.10. The summed E-state index contributed by atoms with van der Waals surface area (Å²) in [6, 6.07) is 7.56. The maximum atomic E-state index is 14.0. The minimum Gasteiger partial charge on any atom is -0.206 e. The Morgan fingerprint density at radius 2 is 1.64 bits per heavy atom. The molecule has 4 atom stereocenters. The molecular weight excluding hydrogens is 364 g/mol. The van der Waals surface area contributed by atoms with Gasteiger partial charge in [0.2, 0.25) is 0 Å². The van der Waals surface area contributed by atoms with Crippen LogP contribution >= 0.6 is 0 Å². The Balaban J connectivity index is 1.52. The molecule has 2 aromatic rings. The molecule has 0 aromatic heterocycles. The Kier molecular flexibility index (Phi) is 5.41. The van der Waals surface area contributed by atoms with Crippen LogP contribution in [-0.4, -0.2) is 0 Å². The van der Waals surface area contributed by atoms with E-state index in [0.29, 0.717) is 16.7 Å². The molecule has 0 nitrogen and oxygen atoms in total. The van der Waals surface area contributed by atoms with Crippen LogP contribution < -0.4 is 0 Å². The Morgan fingerprint density at radius 1 is 0.893 bits per heavy atom. The molecule has 2 fully saturated rings. The fraction of sp³-hybridized carbons (Fsp3) is 0.583. The number of rotatable bonds is 3. The number of hydrogen-bond donors (Lipinski definition) is 0. The highest BCUT2D eigenvalue weighted by atomic mass is 19.4. The highest BCUT2D eigenvalue weighted by Gasteiger charge is 2.36. The van der Waals surface area contributed by atoms with Crippen molar-refractivity contribution in [1.29, 1.82) is 0 Å². The molecule has 28 heavy (non-hydrogen) atoms. The fourth-order valence-corrected chi connectivity index (χ4v) is 5.72. The molecule has 4 unspecified atom stereocenters. The molecule has 2 aliphatic carbocycles. The second-order valence-corrected chi connectivity index (χ2v) is 8.93. The summed E-state index contributed by atoms with van der Waals surface area (Å²) in [5.74, 6) is 1.77. The van der Waals surface area contributed by atoms with Gasteiger partial charge in [-0.3, -0.25) is 0 Å². The first-order valence-corrected chi connectivity index (χ1v) is 10.7. The zero-order chi connectivity index (χ0) is 19.9. The molecule has 2 saturated carbocycles. The van der Waals surface area contributed by atoms with E-state index in [1.165, 1.54) is 38.5 Å². The third-order valence-electron chi connectivity index (χ3n) is 7.15. The van der Waals surface area contributed by atoms with E-state index in [1.807, 2.05) is 12.1 Å². The summed E-state index contributed by atoms with van der Waals surface area (Å²) >= 11 is 0. The lowest BCUT2D eigenvalue weighted by Crippen LogP contribution is -2.30. The zero-order valence-corrected chi connectivity index (χ0v) is 16.4. The van der Waals surface area contributed by atoms with E-state index in [1.54, 1.807) is 6.07 Å². The van der Waals surface area contributed by atoms with Gasteiger partial charge in [-0.2, -0.15) is 13.2 Å². The largest absolute Gasteiger partial charge is 0.419 e. The lowest BCUT2D eigenvalue weighted by atomic mass is 9.63. The van der Waals surface area contributed by atoms with Gasteiger partial charge in [0, 0.05) is 0 Å². The molecule has 0 heterocycles. The van der Waals surface area contributed by atoms with Crippen molar-refractivity contribution in [2.75, 3.05) is 0 Å². The van der Waals surface area contributed by atoms with Crippen LogP contribution in [0.1, 0.15) is 75.3 Å². The van der Waals surface area contributed by atoms with Gasteiger partial charge in [0.25, 0.3) is 0 Å². The second-order valence-electron chi connectivity index (χ2n) is 8.93. The van der Waals surface area contributed by atoms with Crippen molar-refractivity contribution in [1.82, 2.24) is 0 Å². The van der Waals surface area contributed by atoms with Gasteiger partial charge in [-0.1, -0.05) is 44.4 Å². The average Bonchev–Trinajstić information content (AvgIpc) is 2.66. The van der Waals surface area contributed by atoms with Crippen molar-refractivity contribution in [3.05, 3.63) is 47.3 Å². The molecule has 0 saturated heterocycles. The van der Waals surface area contributed by atoms with Gasteiger partial charge in [0.05, 0.1) is 5.56 Å². The van der Waals surface area contributed by atoms with Crippen molar-refractivity contribution in [2.45, 2.75) is 70.4 Å². The molecule has 0 radical (unpaired) electrons. The molecule has 0 spiro atoms. The van der Waals surface area contributed by atoms with E-state index in [2.05, 4.69) is 6.92 Å². The van der Waals surface area contributed by atoms with E-state index in [9.17, 15) is 17.6 Å². The lowest BCUT2D eigenvalue weighted by Gasteiger charge is -2.42. The molecule has 4 rings (SSSR count). The maximum absolute atomic E-state index is 14.0. The van der Waals surface area contributed by atoms with Crippen LogP contribution in [-0.2, 0) is 6.18 Å². The van der Waals surface area contributed by atoms with Crippen LogP contribution in [0.2, 0.25) is 0 Å². The van der Waals surface area contributed by atoms with Crippen molar-refractivity contribution in [2.24, 2.45) is 17.8 Å². The van der Waals surface area contributed by atoms with Gasteiger partial charge in [0.1, 0.15) is 5.82 Å². The van der Waals surface area contributed by atoms with Crippen molar-refractivity contribution >= 4 is 10.8 Å². The van der Waals surface area contributed by atoms with Crippen molar-refractivity contribution < 1.29 is 17.6 Å². The van der Waals surface area contributed by atoms with Crippen LogP contribution in [0.5, 0.6) is 0 Å². The van der Waals surface area contributed by atoms with Gasteiger partial charge in [-0.15, -0.1) is 0 Å². The van der Waals surface area contributed by atoms with Crippen LogP contribution in [0, 0.1) is 23.6 Å². The minimum atomic E-state index is -4.66. The topological polar surface area (TPSA) is 0 Å². The van der Waals surface area contributed by atoms with E-state index in [-0.39, 0.29) is 0 Å². The van der Waals surface area contributed by atoms with E-state index >= 15 is 0 Å². The summed E-state index contributed by atoms with van der Waals surface area (Å²) in [5, 5.41) is 1.02. The summed E-state index contributed by atoms with van der Waals surface area (Å²) < 4.78 is 52.8. The number of fused-ring (bicyclic) bond motifs is 2. The normalized spacial score (nSPS) is 28.3. The zero-order valence-electron chi connectivity index (χ0n) is 16.4. The Hall–Kier alpha value is -1.58. The summed E-state index contributed by atoms with van der Waals surface area (Å²) in [5.41, 5.74) is -0.0297. The first kappa shape index (κ1) is 19.7. The Morgan fingerprint density at radius 3 is 2.39 bits per heavy atom. The molecule has 0 N–H and O–H groups in total. The highest BCUT2D eigenvalue weighted by Crippen LogP contribution is 2.48. The number of halogens is 4. The quantitative estimate of drug-likeness (QED) is 0.463. The van der Waals surface area contributed by atoms with Gasteiger partial charge in [0.15, 0.2) is 0 Å². The molecule has 2 aromatic carbocycles. The van der Waals surface area contributed by atoms with E-state index in [0.717, 1.165) is 48.3 Å². The predicted molar refractivity (Wildman–Crippen MR) is 105 cm³/mol. The van der Waals surface area contributed by atoms with E-state index < -0.39 is 17.6 Å². The first-order chi connectivity index (χ1) is 13.3. The third kappa shape index (κ3) is 3.92. The van der Waals surface area contributed by atoms with Crippen LogP contribution in [0.3, 0.4) is 0 Å². The highest BCUT2D eigenvalue weighted by molar-refractivity contribution is 5.84. The fourth-order valence-electron chi connectivity index (χ4n) is 5.72. The molecule has 0 amide bonds. The van der Waals surface area contributed by atoms with Crippen molar-refractivity contribution in [3.63, 3.8) is 0 Å². The first-order valence-electron chi connectivity index (χ1n) is 10.7. The third-order valence-corrected chi connectivity index (χ3v) is 7.15. The van der Waals surface area contributed by atoms with Gasteiger partial charge in [-0.05, 0) is 84.2 Å². The maximum Gasteiger partial charge on any atom is 0.419 e. The molecule has 0 aliphatic heterocycles. The van der Waals surface area contributed by atoms with Crippen molar-refractivity contribution in [3.8, 4) is 0 Å². The van der Waals surface area contributed by atoms with Crippen LogP contribution in [0.4, 0.5) is 17.6 Å². The molecule has 2 aliphatic rings. The van der Waals surface area contributed by atoms with Gasteiger partial charge < -0.3 is 0 Å².